The van der Waals surface area contributed by atoms with E-state index in [0.29, 0.717) is 0 Å². The van der Waals surface area contributed by atoms with Crippen LogP contribution in [0.4, 0.5) is 5.69 Å². The molecule has 0 spiro atoms. The van der Waals surface area contributed by atoms with E-state index in [-0.39, 0.29) is 10.6 Å². The molecule has 2 aromatic carbocycles. The molecule has 0 aliphatic heterocycles. The Morgan fingerprint density at radius 3 is 2.52 bits per heavy atom. The molecular weight excluding hydrogens is 338 g/mol. The maximum Gasteiger partial charge on any atom is 0.276 e. The highest BCUT2D eigenvalue weighted by Gasteiger charge is 2.16. The van der Waals surface area contributed by atoms with Gasteiger partial charge in [0.25, 0.3) is 15.7 Å². The Kier molecular flexibility index (Phi) is 5.35. The second-order valence-electron chi connectivity index (χ2n) is 4.38. The first kappa shape index (κ1) is 17.0. The second kappa shape index (κ2) is 7.25. The lowest BCUT2D eigenvalue weighted by molar-refractivity contribution is -0.385. The Morgan fingerprint density at radius 1 is 1.22 bits per heavy atom. The van der Waals surface area contributed by atoms with Crippen molar-refractivity contribution in [1.82, 2.24) is 4.83 Å². The third-order valence-electron chi connectivity index (χ3n) is 2.84. The average Bonchev–Trinajstić information content (AvgIpc) is 2.55. The molecule has 0 saturated heterocycles. The summed E-state index contributed by atoms with van der Waals surface area (Å²) in [6, 6.07) is 12.1. The number of non-ortho nitro benzene ring substituents is 1. The molecule has 120 valence electrons. The van der Waals surface area contributed by atoms with Gasteiger partial charge >= 0.3 is 0 Å². The number of sulfonamides is 1. The summed E-state index contributed by atoms with van der Waals surface area (Å²) in [5.41, 5.74) is 0.425. The van der Waals surface area contributed by atoms with Crippen molar-refractivity contribution in [2.75, 3.05) is 6.26 Å². The molecule has 0 atom stereocenters. The fourth-order valence-electron chi connectivity index (χ4n) is 1.68. The third-order valence-corrected chi connectivity index (χ3v) is 4.80. The molecule has 1 N–H and O–H groups in total. The Hall–Kier alpha value is -2.39. The lowest BCUT2D eigenvalue weighted by atomic mass is 10.2. The number of benzene rings is 2. The summed E-state index contributed by atoms with van der Waals surface area (Å²) < 4.78 is 24.1. The molecule has 0 bridgehead atoms. The van der Waals surface area contributed by atoms with Crippen LogP contribution in [0.2, 0.25) is 0 Å². The molecule has 23 heavy (non-hydrogen) atoms. The van der Waals surface area contributed by atoms with Crippen LogP contribution in [-0.2, 0) is 10.0 Å². The lowest BCUT2D eigenvalue weighted by Crippen LogP contribution is -2.18. The summed E-state index contributed by atoms with van der Waals surface area (Å²) in [7, 11) is -3.96. The predicted molar refractivity (Wildman–Crippen MR) is 89.2 cm³/mol. The Labute approximate surface area is 137 Å². The van der Waals surface area contributed by atoms with Gasteiger partial charge in [-0.1, -0.05) is 18.2 Å². The fourth-order valence-corrected chi connectivity index (χ4v) is 2.92. The van der Waals surface area contributed by atoms with E-state index >= 15 is 0 Å². The summed E-state index contributed by atoms with van der Waals surface area (Å²) >= 11 is 1.60. The number of nitro groups is 1. The van der Waals surface area contributed by atoms with E-state index in [4.69, 9.17) is 0 Å². The van der Waals surface area contributed by atoms with Crippen LogP contribution in [0.25, 0.3) is 0 Å². The topological polar surface area (TPSA) is 102 Å². The summed E-state index contributed by atoms with van der Waals surface area (Å²) in [6.45, 7) is 0. The first-order valence-corrected chi connectivity index (χ1v) is 9.06. The Bertz CT molecular complexity index is 833. The number of thioether (sulfide) groups is 1. The van der Waals surface area contributed by atoms with Crippen molar-refractivity contribution in [3.8, 4) is 0 Å². The minimum absolute atomic E-state index is 0.221. The van der Waals surface area contributed by atoms with E-state index < -0.39 is 14.9 Å². The molecule has 9 heteroatoms. The van der Waals surface area contributed by atoms with Crippen molar-refractivity contribution in [2.45, 2.75) is 9.79 Å². The molecule has 0 aliphatic carbocycles. The predicted octanol–water partition coefficient (Wildman–Crippen LogP) is 2.63. The highest BCUT2D eigenvalue weighted by atomic mass is 32.2. The van der Waals surface area contributed by atoms with Gasteiger partial charge in [-0.3, -0.25) is 10.1 Å². The van der Waals surface area contributed by atoms with Gasteiger partial charge in [-0.05, 0) is 30.0 Å². The summed E-state index contributed by atoms with van der Waals surface area (Å²) in [5.74, 6) is 0. The van der Waals surface area contributed by atoms with E-state index in [9.17, 15) is 18.5 Å². The second-order valence-corrected chi connectivity index (χ2v) is 6.92. The maximum absolute atomic E-state index is 12.0. The van der Waals surface area contributed by atoms with E-state index in [0.717, 1.165) is 16.5 Å². The van der Waals surface area contributed by atoms with Crippen molar-refractivity contribution < 1.29 is 13.3 Å². The molecule has 0 aromatic heterocycles. The molecule has 0 radical (unpaired) electrons. The van der Waals surface area contributed by atoms with Crippen molar-refractivity contribution in [3.63, 3.8) is 0 Å². The van der Waals surface area contributed by atoms with E-state index in [2.05, 4.69) is 5.10 Å². The number of nitrogens with zero attached hydrogens (tertiary/aromatic N) is 2. The van der Waals surface area contributed by atoms with Crippen LogP contribution >= 0.6 is 11.8 Å². The monoisotopic (exact) mass is 351 g/mol. The van der Waals surface area contributed by atoms with Gasteiger partial charge in [0.1, 0.15) is 0 Å². The summed E-state index contributed by atoms with van der Waals surface area (Å²) in [5, 5.41) is 14.4. The largest absolute Gasteiger partial charge is 0.276 e. The van der Waals surface area contributed by atoms with Crippen LogP contribution in [0.1, 0.15) is 5.56 Å². The first-order valence-electron chi connectivity index (χ1n) is 6.36. The van der Waals surface area contributed by atoms with Crippen molar-refractivity contribution in [2.24, 2.45) is 5.10 Å². The van der Waals surface area contributed by atoms with Crippen molar-refractivity contribution in [1.29, 1.82) is 0 Å². The normalized spacial score (nSPS) is 11.5. The molecule has 0 heterocycles. The minimum Gasteiger partial charge on any atom is -0.258 e. The van der Waals surface area contributed by atoms with Gasteiger partial charge in [0.2, 0.25) is 0 Å². The average molecular weight is 351 g/mol. The zero-order valence-electron chi connectivity index (χ0n) is 12.0. The first-order chi connectivity index (χ1) is 10.9. The molecule has 0 saturated carbocycles. The van der Waals surface area contributed by atoms with Gasteiger partial charge in [-0.15, -0.1) is 11.8 Å². The summed E-state index contributed by atoms with van der Waals surface area (Å²) in [4.78, 5) is 12.9. The minimum atomic E-state index is -3.96. The SMILES string of the molecule is CSc1ccc(C=NNS(=O)(=O)c2cccc([N+](=O)[O-])c2)cc1. The van der Waals surface area contributed by atoms with Gasteiger partial charge in [0, 0.05) is 17.0 Å². The van der Waals surface area contributed by atoms with Crippen molar-refractivity contribution >= 4 is 33.7 Å². The highest BCUT2D eigenvalue weighted by Crippen LogP contribution is 2.17. The number of rotatable bonds is 6. The number of nitro benzene ring substituents is 1. The van der Waals surface area contributed by atoms with Gasteiger partial charge < -0.3 is 0 Å². The molecule has 0 fully saturated rings. The zero-order chi connectivity index (χ0) is 16.9. The molecule has 0 amide bonds. The molecule has 0 unspecified atom stereocenters. The Balaban J connectivity index is 2.13. The van der Waals surface area contributed by atoms with E-state index in [1.807, 2.05) is 23.2 Å². The van der Waals surface area contributed by atoms with E-state index in [1.54, 1.807) is 23.9 Å². The van der Waals surface area contributed by atoms with Gasteiger partial charge in [0.05, 0.1) is 16.0 Å². The van der Waals surface area contributed by atoms with Crippen LogP contribution in [-0.4, -0.2) is 25.8 Å². The van der Waals surface area contributed by atoms with Gasteiger partial charge in [0.15, 0.2) is 0 Å². The number of nitrogens with one attached hydrogen (secondary N) is 1. The number of hydrogen-bond donors (Lipinski definition) is 1. The van der Waals surface area contributed by atoms with Gasteiger partial charge in [-0.2, -0.15) is 13.5 Å². The van der Waals surface area contributed by atoms with E-state index in [1.165, 1.54) is 24.4 Å². The smallest absolute Gasteiger partial charge is 0.258 e. The fraction of sp³-hybridized carbons (Fsp3) is 0.0714. The molecule has 7 nitrogen and oxygen atoms in total. The van der Waals surface area contributed by atoms with Crippen LogP contribution in [0, 0.1) is 10.1 Å². The van der Waals surface area contributed by atoms with Crippen LogP contribution < -0.4 is 4.83 Å². The highest BCUT2D eigenvalue weighted by molar-refractivity contribution is 7.98. The molecule has 0 aliphatic rings. The van der Waals surface area contributed by atoms with Gasteiger partial charge in [-0.25, -0.2) is 4.83 Å². The molecule has 2 aromatic rings. The van der Waals surface area contributed by atoms with Crippen molar-refractivity contribution in [3.05, 3.63) is 64.2 Å². The van der Waals surface area contributed by atoms with Crippen LogP contribution in [0.15, 0.2) is 63.4 Å². The molecular formula is C14H13N3O4S2. The quantitative estimate of drug-likeness (QED) is 0.373. The standard InChI is InChI=1S/C14H13N3O4S2/c1-22-13-7-5-11(6-8-13)10-15-16-23(20,21)14-4-2-3-12(9-14)17(18)19/h2-10,16H,1H3. The maximum atomic E-state index is 12.0. The number of hydrazone groups is 1. The van der Waals surface area contributed by atoms with Crippen LogP contribution in [0.5, 0.6) is 0 Å². The lowest BCUT2D eigenvalue weighted by Gasteiger charge is -2.03. The summed E-state index contributed by atoms with van der Waals surface area (Å²) in [6.07, 6.45) is 3.31. The third kappa shape index (κ3) is 4.54. The Morgan fingerprint density at radius 2 is 1.91 bits per heavy atom. The number of hydrogen-bond acceptors (Lipinski definition) is 6. The zero-order valence-corrected chi connectivity index (χ0v) is 13.7. The van der Waals surface area contributed by atoms with Crippen LogP contribution in [0.3, 0.4) is 0 Å². The molecule has 2 rings (SSSR count).